The average Bonchev–Trinajstić information content (AvgIpc) is 2.21. The molecule has 0 bridgehead atoms. The molecule has 0 aromatic rings. The van der Waals surface area contributed by atoms with Gasteiger partial charge < -0.3 is 15.2 Å². The molecule has 88 valence electrons. The number of amides is 1. The minimum Gasteiger partial charge on any atom is -0.480 e. The van der Waals surface area contributed by atoms with Crippen LogP contribution in [0.25, 0.3) is 0 Å². The van der Waals surface area contributed by atoms with Gasteiger partial charge in [-0.3, -0.25) is 4.79 Å². The number of aliphatic carboxylic acids is 1. The van der Waals surface area contributed by atoms with Crippen LogP contribution in [-0.2, 0) is 14.3 Å². The predicted octanol–water partition coefficient (Wildman–Crippen LogP) is 0.345. The minimum absolute atomic E-state index is 0.389. The standard InChI is InChI=1S/C9H17NO4S/c1-2-14-4-3-5-15-6-8(9(12)13)10-7-11/h7-8H,2-6H2,1H3,(H,10,11)(H,12,13). The molecule has 1 atom stereocenters. The van der Waals surface area contributed by atoms with E-state index in [-0.39, 0.29) is 0 Å². The third-order valence-electron chi connectivity index (χ3n) is 1.63. The molecule has 0 saturated heterocycles. The Kier molecular flexibility index (Phi) is 9.30. The van der Waals surface area contributed by atoms with Crippen molar-refractivity contribution in [1.82, 2.24) is 5.32 Å². The number of hydrogen-bond acceptors (Lipinski definition) is 4. The summed E-state index contributed by atoms with van der Waals surface area (Å²) in [6.45, 7) is 3.33. The number of carboxylic acids is 1. The van der Waals surface area contributed by atoms with Gasteiger partial charge in [-0.25, -0.2) is 4.79 Å². The van der Waals surface area contributed by atoms with Crippen molar-refractivity contribution >= 4 is 24.1 Å². The molecule has 0 aliphatic heterocycles. The number of ether oxygens (including phenoxy) is 1. The first-order valence-electron chi connectivity index (χ1n) is 4.80. The van der Waals surface area contributed by atoms with Crippen molar-refractivity contribution in [1.29, 1.82) is 0 Å². The maximum atomic E-state index is 10.6. The summed E-state index contributed by atoms with van der Waals surface area (Å²) in [4.78, 5) is 20.7. The number of carbonyl (C=O) groups is 2. The molecule has 0 rings (SSSR count). The van der Waals surface area contributed by atoms with Gasteiger partial charge >= 0.3 is 5.97 Å². The first kappa shape index (κ1) is 14.2. The van der Waals surface area contributed by atoms with Crippen molar-refractivity contribution in [2.75, 3.05) is 24.7 Å². The number of rotatable bonds is 10. The van der Waals surface area contributed by atoms with Crippen LogP contribution in [0.15, 0.2) is 0 Å². The van der Waals surface area contributed by atoms with Crippen LogP contribution < -0.4 is 5.32 Å². The zero-order valence-corrected chi connectivity index (χ0v) is 9.59. The van der Waals surface area contributed by atoms with Crippen LogP contribution in [0.2, 0.25) is 0 Å². The maximum Gasteiger partial charge on any atom is 0.327 e. The van der Waals surface area contributed by atoms with Crippen molar-refractivity contribution in [3.05, 3.63) is 0 Å². The molecule has 0 aliphatic rings. The summed E-state index contributed by atoms with van der Waals surface area (Å²) < 4.78 is 5.13. The van der Waals surface area contributed by atoms with Crippen LogP contribution in [0.1, 0.15) is 13.3 Å². The van der Waals surface area contributed by atoms with E-state index < -0.39 is 12.0 Å². The molecular weight excluding hydrogens is 218 g/mol. The number of carbonyl (C=O) groups excluding carboxylic acids is 1. The van der Waals surface area contributed by atoms with Crippen LogP contribution in [-0.4, -0.2) is 48.2 Å². The second-order valence-corrected chi connectivity index (χ2v) is 3.95. The van der Waals surface area contributed by atoms with E-state index in [1.165, 1.54) is 11.8 Å². The molecule has 1 amide bonds. The number of carboxylic acid groups (broad SMARTS) is 1. The minimum atomic E-state index is -1.00. The molecule has 0 spiro atoms. The van der Waals surface area contributed by atoms with Crippen LogP contribution in [0.3, 0.4) is 0 Å². The predicted molar refractivity (Wildman–Crippen MR) is 59.1 cm³/mol. The van der Waals surface area contributed by atoms with Crippen LogP contribution in [0, 0.1) is 0 Å². The Morgan fingerprint density at radius 3 is 2.93 bits per heavy atom. The van der Waals surface area contributed by atoms with E-state index in [9.17, 15) is 9.59 Å². The van der Waals surface area contributed by atoms with Crippen molar-refractivity contribution in [2.24, 2.45) is 0 Å². The highest BCUT2D eigenvalue weighted by Gasteiger charge is 2.15. The largest absolute Gasteiger partial charge is 0.480 e. The normalized spacial score (nSPS) is 12.1. The van der Waals surface area contributed by atoms with E-state index in [1.54, 1.807) is 0 Å². The molecule has 1 unspecified atom stereocenters. The molecule has 0 fully saturated rings. The van der Waals surface area contributed by atoms with Crippen molar-refractivity contribution in [3.8, 4) is 0 Å². The number of hydrogen-bond donors (Lipinski definition) is 2. The summed E-state index contributed by atoms with van der Waals surface area (Å²) in [5.41, 5.74) is 0. The average molecular weight is 235 g/mol. The molecular formula is C9H17NO4S. The quantitative estimate of drug-likeness (QED) is 0.422. The van der Waals surface area contributed by atoms with Crippen molar-refractivity contribution < 1.29 is 19.4 Å². The Bertz CT molecular complexity index is 189. The molecule has 0 heterocycles. The van der Waals surface area contributed by atoms with E-state index in [0.29, 0.717) is 25.4 Å². The number of thioether (sulfide) groups is 1. The van der Waals surface area contributed by atoms with Gasteiger partial charge in [0, 0.05) is 19.0 Å². The second kappa shape index (κ2) is 9.79. The highest BCUT2D eigenvalue weighted by atomic mass is 32.2. The van der Waals surface area contributed by atoms with Gasteiger partial charge in [0.05, 0.1) is 0 Å². The first-order chi connectivity index (χ1) is 7.22. The zero-order valence-electron chi connectivity index (χ0n) is 8.77. The lowest BCUT2D eigenvalue weighted by Gasteiger charge is -2.10. The van der Waals surface area contributed by atoms with Crippen molar-refractivity contribution in [3.63, 3.8) is 0 Å². The smallest absolute Gasteiger partial charge is 0.327 e. The van der Waals surface area contributed by atoms with Crippen LogP contribution in [0.4, 0.5) is 0 Å². The Balaban J connectivity index is 3.45. The van der Waals surface area contributed by atoms with Gasteiger partial charge in [-0.15, -0.1) is 0 Å². The lowest BCUT2D eigenvalue weighted by Crippen LogP contribution is -2.37. The summed E-state index contributed by atoms with van der Waals surface area (Å²) in [5, 5.41) is 10.9. The molecule has 0 radical (unpaired) electrons. The Labute approximate surface area is 93.6 Å². The van der Waals surface area contributed by atoms with Crippen molar-refractivity contribution in [2.45, 2.75) is 19.4 Å². The van der Waals surface area contributed by atoms with E-state index in [4.69, 9.17) is 9.84 Å². The fraction of sp³-hybridized carbons (Fsp3) is 0.778. The summed E-state index contributed by atoms with van der Waals surface area (Å²) in [6.07, 6.45) is 1.31. The Morgan fingerprint density at radius 2 is 2.40 bits per heavy atom. The van der Waals surface area contributed by atoms with Gasteiger partial charge in [0.25, 0.3) is 0 Å². The second-order valence-electron chi connectivity index (χ2n) is 2.80. The fourth-order valence-electron chi connectivity index (χ4n) is 0.881. The molecule has 5 nitrogen and oxygen atoms in total. The highest BCUT2D eigenvalue weighted by molar-refractivity contribution is 7.99. The lowest BCUT2D eigenvalue weighted by molar-refractivity contribution is -0.139. The third kappa shape index (κ3) is 8.26. The van der Waals surface area contributed by atoms with Gasteiger partial charge in [-0.05, 0) is 19.1 Å². The van der Waals surface area contributed by atoms with E-state index in [2.05, 4.69) is 5.32 Å². The van der Waals surface area contributed by atoms with Gasteiger partial charge in [0.1, 0.15) is 6.04 Å². The SMILES string of the molecule is CCOCCCSCC(NC=O)C(=O)O. The first-order valence-corrected chi connectivity index (χ1v) is 5.95. The Morgan fingerprint density at radius 1 is 1.67 bits per heavy atom. The molecule has 0 aliphatic carbocycles. The van der Waals surface area contributed by atoms with Gasteiger partial charge in [-0.2, -0.15) is 11.8 Å². The van der Waals surface area contributed by atoms with Gasteiger partial charge in [-0.1, -0.05) is 0 Å². The molecule has 2 N–H and O–H groups in total. The lowest BCUT2D eigenvalue weighted by atomic mass is 10.3. The third-order valence-corrected chi connectivity index (χ3v) is 2.78. The fourth-order valence-corrected chi connectivity index (χ4v) is 1.84. The molecule has 0 aromatic carbocycles. The van der Waals surface area contributed by atoms with E-state index in [1.807, 2.05) is 6.92 Å². The summed E-state index contributed by atoms with van der Waals surface area (Å²) in [6, 6.07) is -0.792. The molecule has 0 saturated carbocycles. The van der Waals surface area contributed by atoms with E-state index in [0.717, 1.165) is 12.2 Å². The summed E-state index contributed by atoms with van der Waals surface area (Å²) >= 11 is 1.50. The van der Waals surface area contributed by atoms with Crippen LogP contribution >= 0.6 is 11.8 Å². The van der Waals surface area contributed by atoms with Crippen LogP contribution in [0.5, 0.6) is 0 Å². The highest BCUT2D eigenvalue weighted by Crippen LogP contribution is 2.05. The van der Waals surface area contributed by atoms with Gasteiger partial charge in [0.15, 0.2) is 0 Å². The monoisotopic (exact) mass is 235 g/mol. The molecule has 0 aromatic heterocycles. The topological polar surface area (TPSA) is 75.6 Å². The maximum absolute atomic E-state index is 10.6. The molecule has 6 heteroatoms. The number of nitrogens with one attached hydrogen (secondary N) is 1. The summed E-state index contributed by atoms with van der Waals surface area (Å²) in [7, 11) is 0. The van der Waals surface area contributed by atoms with E-state index >= 15 is 0 Å². The summed E-state index contributed by atoms with van der Waals surface area (Å²) in [5.74, 6) is 0.226. The Hall–Kier alpha value is -0.750. The van der Waals surface area contributed by atoms with Gasteiger partial charge in [0.2, 0.25) is 6.41 Å². The molecule has 15 heavy (non-hydrogen) atoms. The zero-order chi connectivity index (χ0) is 11.5.